The lowest BCUT2D eigenvalue weighted by atomic mass is 9.82. The standard InChI is InChI=1S/C27H38FN3O3/c1-26(2,3)14-18-9-10-21-20(12-18)23(15-27(4,5)31-21)29-16-24(32)22(30-25(33)34)13-17-7-6-8-19(28)11-17/h6-12,22-24,29-32H,13-16H2,1-5H3,(H,33,34)/t22-,23-,24+/m0/s1. The van der Waals surface area contributed by atoms with Crippen molar-refractivity contribution in [3.63, 3.8) is 0 Å². The molecule has 0 aliphatic carbocycles. The largest absolute Gasteiger partial charge is 0.465 e. The van der Waals surface area contributed by atoms with Gasteiger partial charge < -0.3 is 26.2 Å². The quantitative estimate of drug-likeness (QED) is 0.378. The van der Waals surface area contributed by atoms with E-state index in [1.165, 1.54) is 17.7 Å². The van der Waals surface area contributed by atoms with Gasteiger partial charge in [0, 0.05) is 23.8 Å². The van der Waals surface area contributed by atoms with Crippen molar-refractivity contribution in [2.45, 2.75) is 77.6 Å². The van der Waals surface area contributed by atoms with Crippen molar-refractivity contribution >= 4 is 11.8 Å². The number of carboxylic acid groups (broad SMARTS) is 1. The number of nitrogens with one attached hydrogen (secondary N) is 3. The van der Waals surface area contributed by atoms with Crippen LogP contribution in [0.1, 0.15) is 63.8 Å². The summed E-state index contributed by atoms with van der Waals surface area (Å²) in [4.78, 5) is 11.4. The van der Waals surface area contributed by atoms with E-state index in [0.717, 1.165) is 24.1 Å². The van der Waals surface area contributed by atoms with Crippen LogP contribution in [0.4, 0.5) is 14.9 Å². The van der Waals surface area contributed by atoms with Crippen LogP contribution in [0.5, 0.6) is 0 Å². The topological polar surface area (TPSA) is 93.6 Å². The van der Waals surface area contributed by atoms with E-state index in [4.69, 9.17) is 0 Å². The van der Waals surface area contributed by atoms with Gasteiger partial charge in [-0.15, -0.1) is 0 Å². The Hall–Kier alpha value is -2.64. The Labute approximate surface area is 202 Å². The van der Waals surface area contributed by atoms with Crippen molar-refractivity contribution in [3.05, 3.63) is 65.0 Å². The normalized spacial score (nSPS) is 19.0. The molecule has 5 N–H and O–H groups in total. The lowest BCUT2D eigenvalue weighted by Crippen LogP contribution is -2.50. The highest BCUT2D eigenvalue weighted by Crippen LogP contribution is 2.38. The number of carbonyl (C=O) groups is 1. The Bertz CT molecular complexity index is 1000. The van der Waals surface area contributed by atoms with Crippen LogP contribution in [-0.4, -0.2) is 40.5 Å². The number of aliphatic hydroxyl groups excluding tert-OH is 1. The summed E-state index contributed by atoms with van der Waals surface area (Å²) in [5.41, 5.74) is 4.14. The number of aliphatic hydroxyl groups is 1. The van der Waals surface area contributed by atoms with Gasteiger partial charge in [-0.3, -0.25) is 0 Å². The summed E-state index contributed by atoms with van der Waals surface area (Å²) in [7, 11) is 0. The molecule has 1 aliphatic heterocycles. The average Bonchev–Trinajstić information content (AvgIpc) is 2.69. The second-order valence-corrected chi connectivity index (χ2v) is 11.3. The van der Waals surface area contributed by atoms with E-state index < -0.39 is 24.1 Å². The molecule has 7 heteroatoms. The van der Waals surface area contributed by atoms with Gasteiger partial charge in [-0.1, -0.05) is 45.0 Å². The second-order valence-electron chi connectivity index (χ2n) is 11.3. The minimum Gasteiger partial charge on any atom is -0.465 e. The maximum absolute atomic E-state index is 13.6. The smallest absolute Gasteiger partial charge is 0.404 e. The van der Waals surface area contributed by atoms with Crippen molar-refractivity contribution in [2.24, 2.45) is 5.41 Å². The van der Waals surface area contributed by atoms with E-state index in [1.54, 1.807) is 12.1 Å². The molecular weight excluding hydrogens is 433 g/mol. The molecule has 0 saturated heterocycles. The minimum absolute atomic E-state index is 0.000432. The molecule has 2 aromatic carbocycles. The summed E-state index contributed by atoms with van der Waals surface area (Å²) in [6, 6.07) is 11.8. The van der Waals surface area contributed by atoms with Crippen LogP contribution in [0.25, 0.3) is 0 Å². The molecule has 186 valence electrons. The number of amides is 1. The first kappa shape index (κ1) is 26.0. The molecule has 1 aliphatic rings. The molecule has 0 bridgehead atoms. The molecule has 34 heavy (non-hydrogen) atoms. The number of halogens is 1. The Morgan fingerprint density at radius 3 is 2.59 bits per heavy atom. The van der Waals surface area contributed by atoms with Crippen LogP contribution in [0.15, 0.2) is 42.5 Å². The van der Waals surface area contributed by atoms with Crippen molar-refractivity contribution in [3.8, 4) is 0 Å². The van der Waals surface area contributed by atoms with E-state index in [2.05, 4.69) is 68.8 Å². The van der Waals surface area contributed by atoms with E-state index >= 15 is 0 Å². The summed E-state index contributed by atoms with van der Waals surface area (Å²) in [6.45, 7) is 11.1. The summed E-state index contributed by atoms with van der Waals surface area (Å²) in [6.07, 6.45) is -0.250. The third kappa shape index (κ3) is 7.43. The lowest BCUT2D eigenvalue weighted by molar-refractivity contribution is 0.113. The fourth-order valence-electron chi connectivity index (χ4n) is 4.72. The highest BCUT2D eigenvalue weighted by atomic mass is 19.1. The van der Waals surface area contributed by atoms with Gasteiger partial charge in [0.1, 0.15) is 5.82 Å². The zero-order valence-corrected chi connectivity index (χ0v) is 20.8. The molecule has 1 amide bonds. The van der Waals surface area contributed by atoms with Crippen LogP contribution in [0, 0.1) is 11.2 Å². The predicted octanol–water partition coefficient (Wildman–Crippen LogP) is 4.88. The molecule has 0 unspecified atom stereocenters. The van der Waals surface area contributed by atoms with Crippen LogP contribution >= 0.6 is 0 Å². The molecular formula is C27H38FN3O3. The maximum Gasteiger partial charge on any atom is 0.404 e. The molecule has 0 aromatic heterocycles. The molecule has 1 heterocycles. The zero-order valence-electron chi connectivity index (χ0n) is 20.8. The number of anilines is 1. The number of fused-ring (bicyclic) bond motifs is 1. The van der Waals surface area contributed by atoms with Crippen molar-refractivity contribution in [1.29, 1.82) is 0 Å². The van der Waals surface area contributed by atoms with Crippen molar-refractivity contribution < 1.29 is 19.4 Å². The number of rotatable bonds is 8. The van der Waals surface area contributed by atoms with Gasteiger partial charge in [0.2, 0.25) is 0 Å². The maximum atomic E-state index is 13.6. The Morgan fingerprint density at radius 1 is 1.21 bits per heavy atom. The molecule has 0 spiro atoms. The molecule has 3 atom stereocenters. The van der Waals surface area contributed by atoms with Crippen LogP contribution in [0.2, 0.25) is 0 Å². The fraction of sp³-hybridized carbons (Fsp3) is 0.519. The molecule has 3 rings (SSSR count). The minimum atomic E-state index is -1.22. The van der Waals surface area contributed by atoms with Gasteiger partial charge in [0.05, 0.1) is 12.1 Å². The summed E-state index contributed by atoms with van der Waals surface area (Å²) < 4.78 is 13.6. The molecule has 0 saturated carbocycles. The number of benzene rings is 2. The average molecular weight is 472 g/mol. The van der Waals surface area contributed by atoms with Gasteiger partial charge >= 0.3 is 6.09 Å². The first-order valence-electron chi connectivity index (χ1n) is 11.9. The highest BCUT2D eigenvalue weighted by molar-refractivity contribution is 5.65. The fourth-order valence-corrected chi connectivity index (χ4v) is 4.72. The molecule has 2 aromatic rings. The first-order chi connectivity index (χ1) is 15.8. The Kier molecular flexibility index (Phi) is 7.88. The Morgan fingerprint density at radius 2 is 1.94 bits per heavy atom. The highest BCUT2D eigenvalue weighted by Gasteiger charge is 2.33. The second kappa shape index (κ2) is 10.3. The van der Waals surface area contributed by atoms with Gasteiger partial charge in [-0.2, -0.15) is 0 Å². The Balaban J connectivity index is 1.76. The zero-order chi connectivity index (χ0) is 25.1. The van der Waals surface area contributed by atoms with Crippen LogP contribution in [0.3, 0.4) is 0 Å². The van der Waals surface area contributed by atoms with E-state index in [9.17, 15) is 19.4 Å². The summed E-state index contributed by atoms with van der Waals surface area (Å²) in [5.74, 6) is -0.390. The number of hydrogen-bond acceptors (Lipinski definition) is 4. The SMILES string of the molecule is CC(C)(C)Cc1ccc2c(c1)[C@@H](NC[C@@H](O)[C@H](Cc1cccc(F)c1)NC(=O)O)CC(C)(C)N2. The lowest BCUT2D eigenvalue weighted by Gasteiger charge is -2.40. The van der Waals surface area contributed by atoms with Gasteiger partial charge in [-0.25, -0.2) is 9.18 Å². The summed E-state index contributed by atoms with van der Waals surface area (Å²) >= 11 is 0. The monoisotopic (exact) mass is 471 g/mol. The summed E-state index contributed by atoms with van der Waals surface area (Å²) in [5, 5.41) is 29.7. The molecule has 0 fully saturated rings. The van der Waals surface area contributed by atoms with E-state index in [-0.39, 0.29) is 30.0 Å². The van der Waals surface area contributed by atoms with E-state index in [0.29, 0.717) is 5.56 Å². The van der Waals surface area contributed by atoms with Gasteiger partial charge in [-0.05, 0) is 73.4 Å². The predicted molar refractivity (Wildman–Crippen MR) is 134 cm³/mol. The van der Waals surface area contributed by atoms with Gasteiger partial charge in [0.25, 0.3) is 0 Å². The third-order valence-corrected chi connectivity index (χ3v) is 6.10. The van der Waals surface area contributed by atoms with Crippen LogP contribution < -0.4 is 16.0 Å². The molecule has 0 radical (unpaired) electrons. The molecule has 6 nitrogen and oxygen atoms in total. The van der Waals surface area contributed by atoms with Crippen LogP contribution in [-0.2, 0) is 12.8 Å². The number of hydrogen-bond donors (Lipinski definition) is 5. The van der Waals surface area contributed by atoms with E-state index in [1.807, 2.05) is 0 Å². The first-order valence-corrected chi connectivity index (χ1v) is 11.9. The van der Waals surface area contributed by atoms with Gasteiger partial charge in [0.15, 0.2) is 0 Å². The van der Waals surface area contributed by atoms with Crippen molar-refractivity contribution in [1.82, 2.24) is 10.6 Å². The van der Waals surface area contributed by atoms with Crippen molar-refractivity contribution in [2.75, 3.05) is 11.9 Å². The third-order valence-electron chi connectivity index (χ3n) is 6.10.